The number of nitrogens with two attached hydrogens (primary N) is 3. The summed E-state index contributed by atoms with van der Waals surface area (Å²) in [6, 6.07) is -6.17. The summed E-state index contributed by atoms with van der Waals surface area (Å²) >= 11 is 0. The fourth-order valence-corrected chi connectivity index (χ4v) is 2.62. The fraction of sp³-hybridized carbons (Fsp3) is 0.667. The van der Waals surface area contributed by atoms with Crippen molar-refractivity contribution in [3.8, 4) is 0 Å². The molecule has 6 unspecified atom stereocenters. The topological polar surface area (TPSA) is 293 Å². The van der Waals surface area contributed by atoms with E-state index in [2.05, 4.69) is 20.9 Å². The SMILES string of the molecule is CC(O)C(NC(=O)C(CCCN=C(N)N)NC(=O)C(NC(=O)C(N)CC(=O)O)C(C)O)C(=O)O. The van der Waals surface area contributed by atoms with Crippen LogP contribution in [0.25, 0.3) is 0 Å². The first kappa shape index (κ1) is 30.5. The lowest BCUT2D eigenvalue weighted by molar-refractivity contribution is -0.145. The minimum absolute atomic E-state index is 0.0708. The molecule has 0 heterocycles. The quantitative estimate of drug-likeness (QED) is 0.0586. The van der Waals surface area contributed by atoms with Gasteiger partial charge in [0.1, 0.15) is 12.1 Å². The number of carbonyl (C=O) groups is 5. The van der Waals surface area contributed by atoms with Gasteiger partial charge in [0.05, 0.1) is 24.7 Å². The zero-order chi connectivity index (χ0) is 26.6. The van der Waals surface area contributed by atoms with Gasteiger partial charge in [-0.05, 0) is 26.7 Å². The molecule has 0 fully saturated rings. The Morgan fingerprint density at radius 2 is 1.38 bits per heavy atom. The number of aliphatic carboxylic acids is 2. The van der Waals surface area contributed by atoms with Gasteiger partial charge in [0.15, 0.2) is 12.0 Å². The molecule has 0 radical (unpaired) electrons. The van der Waals surface area contributed by atoms with Crippen molar-refractivity contribution in [2.24, 2.45) is 22.2 Å². The summed E-state index contributed by atoms with van der Waals surface area (Å²) < 4.78 is 0. The van der Waals surface area contributed by atoms with Crippen molar-refractivity contribution in [3.05, 3.63) is 0 Å². The van der Waals surface area contributed by atoms with E-state index in [1.54, 1.807) is 0 Å². The van der Waals surface area contributed by atoms with E-state index in [4.69, 9.17) is 27.4 Å². The maximum absolute atomic E-state index is 12.7. The molecule has 194 valence electrons. The summed E-state index contributed by atoms with van der Waals surface area (Å²) in [6.45, 7) is 2.38. The van der Waals surface area contributed by atoms with Crippen molar-refractivity contribution in [2.45, 2.75) is 69.5 Å². The maximum Gasteiger partial charge on any atom is 0.328 e. The van der Waals surface area contributed by atoms with E-state index in [0.717, 1.165) is 13.8 Å². The van der Waals surface area contributed by atoms with Crippen molar-refractivity contribution in [1.29, 1.82) is 0 Å². The molecule has 0 rings (SSSR count). The van der Waals surface area contributed by atoms with E-state index >= 15 is 0 Å². The van der Waals surface area contributed by atoms with Crippen LogP contribution in [0.15, 0.2) is 4.99 Å². The van der Waals surface area contributed by atoms with Crippen LogP contribution in [0, 0.1) is 0 Å². The summed E-state index contributed by atoms with van der Waals surface area (Å²) in [6.07, 6.45) is -3.58. The first-order valence-electron chi connectivity index (χ1n) is 10.2. The van der Waals surface area contributed by atoms with Crippen LogP contribution in [-0.2, 0) is 24.0 Å². The third-order valence-corrected chi connectivity index (χ3v) is 4.42. The van der Waals surface area contributed by atoms with E-state index in [1.165, 1.54) is 0 Å². The third kappa shape index (κ3) is 11.4. The zero-order valence-corrected chi connectivity index (χ0v) is 18.8. The van der Waals surface area contributed by atoms with Crippen LogP contribution < -0.4 is 33.2 Å². The van der Waals surface area contributed by atoms with Gasteiger partial charge < -0.3 is 53.6 Å². The minimum atomic E-state index is -1.68. The predicted octanol–water partition coefficient (Wildman–Crippen LogP) is -4.86. The first-order chi connectivity index (χ1) is 15.7. The third-order valence-electron chi connectivity index (χ3n) is 4.42. The number of carbonyl (C=O) groups excluding carboxylic acids is 3. The van der Waals surface area contributed by atoms with Crippen LogP contribution in [0.5, 0.6) is 0 Å². The number of rotatable bonds is 15. The van der Waals surface area contributed by atoms with Gasteiger partial charge >= 0.3 is 11.9 Å². The number of amides is 3. The molecule has 0 aromatic rings. The van der Waals surface area contributed by atoms with Gasteiger partial charge in [-0.15, -0.1) is 0 Å². The van der Waals surface area contributed by atoms with Crippen molar-refractivity contribution in [1.82, 2.24) is 16.0 Å². The predicted molar refractivity (Wildman–Crippen MR) is 117 cm³/mol. The molecule has 0 saturated heterocycles. The van der Waals surface area contributed by atoms with Crippen LogP contribution >= 0.6 is 0 Å². The van der Waals surface area contributed by atoms with Crippen LogP contribution in [0.1, 0.15) is 33.1 Å². The monoisotopic (exact) mass is 491 g/mol. The van der Waals surface area contributed by atoms with Crippen molar-refractivity contribution < 1.29 is 44.4 Å². The highest BCUT2D eigenvalue weighted by Gasteiger charge is 2.33. The highest BCUT2D eigenvalue weighted by Crippen LogP contribution is 2.04. The highest BCUT2D eigenvalue weighted by atomic mass is 16.4. The molecule has 6 atom stereocenters. The molecule has 0 aliphatic rings. The summed E-state index contributed by atoms with van der Waals surface area (Å²) in [5.74, 6) is -6.11. The molecule has 16 heteroatoms. The fourth-order valence-electron chi connectivity index (χ4n) is 2.62. The Bertz CT molecular complexity index is 769. The van der Waals surface area contributed by atoms with Crippen LogP contribution in [-0.4, -0.2) is 99.0 Å². The molecule has 34 heavy (non-hydrogen) atoms. The zero-order valence-electron chi connectivity index (χ0n) is 18.8. The van der Waals surface area contributed by atoms with Crippen molar-refractivity contribution >= 4 is 35.6 Å². The van der Waals surface area contributed by atoms with Gasteiger partial charge in [0.25, 0.3) is 0 Å². The summed E-state index contributed by atoms with van der Waals surface area (Å²) in [5.41, 5.74) is 15.9. The average Bonchev–Trinajstić information content (AvgIpc) is 2.70. The first-order valence-corrected chi connectivity index (χ1v) is 10.2. The second-order valence-corrected chi connectivity index (χ2v) is 7.51. The van der Waals surface area contributed by atoms with E-state index in [-0.39, 0.29) is 25.3 Å². The number of carboxylic acid groups (broad SMARTS) is 2. The normalized spacial score (nSPS) is 16.0. The number of nitrogens with one attached hydrogen (secondary N) is 3. The molecule has 0 spiro atoms. The molecule has 0 aromatic carbocycles. The van der Waals surface area contributed by atoms with Crippen LogP contribution in [0.4, 0.5) is 0 Å². The number of aliphatic hydroxyl groups is 2. The molecule has 0 aliphatic heterocycles. The molecular formula is C18H33N7O9. The van der Waals surface area contributed by atoms with E-state index < -0.39 is 72.5 Å². The lowest BCUT2D eigenvalue weighted by Crippen LogP contribution is -2.60. The van der Waals surface area contributed by atoms with Crippen molar-refractivity contribution in [2.75, 3.05) is 6.54 Å². The standard InChI is InChI=1S/C18H33N7O9/c1-7(26)12(24-14(30)9(19)6-11(28)29)16(32)23-10(4-3-5-22-18(20)21)15(31)25-13(8(2)27)17(33)34/h7-10,12-13,26-27H,3-6,19H2,1-2H3,(H,23,32)(H,24,30)(H,25,31)(H,28,29)(H,33,34)(H4,20,21,22). The molecule has 13 N–H and O–H groups in total. The summed E-state index contributed by atoms with van der Waals surface area (Å²) in [4.78, 5) is 63.2. The number of hydrogen-bond acceptors (Lipinski definition) is 9. The Balaban J connectivity index is 5.55. The summed E-state index contributed by atoms with van der Waals surface area (Å²) in [5, 5.41) is 43.9. The number of guanidine groups is 1. The molecule has 0 aromatic heterocycles. The second-order valence-electron chi connectivity index (χ2n) is 7.51. The largest absolute Gasteiger partial charge is 0.481 e. The number of hydrogen-bond donors (Lipinski definition) is 10. The average molecular weight is 492 g/mol. The number of aliphatic hydroxyl groups excluding tert-OH is 2. The van der Waals surface area contributed by atoms with Gasteiger partial charge in [0.2, 0.25) is 17.7 Å². The van der Waals surface area contributed by atoms with Gasteiger partial charge in [0, 0.05) is 6.54 Å². The van der Waals surface area contributed by atoms with Crippen molar-refractivity contribution in [3.63, 3.8) is 0 Å². The van der Waals surface area contributed by atoms with Gasteiger partial charge in [-0.2, -0.15) is 0 Å². The molecule has 16 nitrogen and oxygen atoms in total. The van der Waals surface area contributed by atoms with E-state index in [0.29, 0.717) is 0 Å². The van der Waals surface area contributed by atoms with E-state index in [1.807, 2.05) is 0 Å². The van der Waals surface area contributed by atoms with Crippen LogP contribution in [0.3, 0.4) is 0 Å². The number of nitrogens with zero attached hydrogens (tertiary/aromatic N) is 1. The Morgan fingerprint density at radius 3 is 1.82 bits per heavy atom. The van der Waals surface area contributed by atoms with Gasteiger partial charge in [-0.3, -0.25) is 24.2 Å². The lowest BCUT2D eigenvalue weighted by atomic mass is 10.1. The highest BCUT2D eigenvalue weighted by molar-refractivity contribution is 5.95. The molecular weight excluding hydrogens is 458 g/mol. The number of carboxylic acids is 2. The van der Waals surface area contributed by atoms with Gasteiger partial charge in [-0.1, -0.05) is 0 Å². The number of aliphatic imine (C=N–C) groups is 1. The van der Waals surface area contributed by atoms with Crippen LogP contribution in [0.2, 0.25) is 0 Å². The lowest BCUT2D eigenvalue weighted by Gasteiger charge is -2.26. The van der Waals surface area contributed by atoms with Gasteiger partial charge in [-0.25, -0.2) is 4.79 Å². The molecule has 0 bridgehead atoms. The minimum Gasteiger partial charge on any atom is -0.481 e. The Morgan fingerprint density at radius 1 is 0.853 bits per heavy atom. The Labute approximate surface area is 194 Å². The Kier molecular flexibility index (Phi) is 13.1. The molecule has 0 saturated carbocycles. The molecule has 3 amide bonds. The van der Waals surface area contributed by atoms with E-state index in [9.17, 15) is 34.2 Å². The summed E-state index contributed by atoms with van der Waals surface area (Å²) in [7, 11) is 0. The second kappa shape index (κ2) is 14.6. The maximum atomic E-state index is 12.7. The molecule has 0 aliphatic carbocycles. The Hall–Kier alpha value is -3.50. The smallest absolute Gasteiger partial charge is 0.328 e.